The van der Waals surface area contributed by atoms with E-state index in [9.17, 15) is 21.6 Å². The summed E-state index contributed by atoms with van der Waals surface area (Å²) in [7, 11) is -2.60. The van der Waals surface area contributed by atoms with Gasteiger partial charge in [0.2, 0.25) is 15.9 Å². The van der Waals surface area contributed by atoms with E-state index in [0.29, 0.717) is 25.9 Å². The Kier molecular flexibility index (Phi) is 8.30. The van der Waals surface area contributed by atoms with Crippen LogP contribution in [0.25, 0.3) is 0 Å². The molecule has 0 aliphatic carbocycles. The fourth-order valence-corrected chi connectivity index (χ4v) is 5.64. The summed E-state index contributed by atoms with van der Waals surface area (Å²) in [6.45, 7) is 3.50. The SMILES string of the molecule is CCN(C(=O)CCN(CCCN(C)C)S(C)(=O)=O)C1CCS(=O)(=O)C1. The van der Waals surface area contributed by atoms with Crippen molar-refractivity contribution < 1.29 is 21.6 Å². The van der Waals surface area contributed by atoms with Crippen molar-refractivity contribution in [3.05, 3.63) is 0 Å². The van der Waals surface area contributed by atoms with Crippen molar-refractivity contribution in [3.63, 3.8) is 0 Å². The van der Waals surface area contributed by atoms with Crippen molar-refractivity contribution in [1.29, 1.82) is 0 Å². The summed E-state index contributed by atoms with van der Waals surface area (Å²) in [5, 5.41) is 0. The van der Waals surface area contributed by atoms with Gasteiger partial charge in [-0.3, -0.25) is 4.79 Å². The second kappa shape index (κ2) is 9.29. The van der Waals surface area contributed by atoms with Gasteiger partial charge < -0.3 is 9.80 Å². The zero-order valence-electron chi connectivity index (χ0n) is 15.6. The van der Waals surface area contributed by atoms with Crippen LogP contribution in [0, 0.1) is 0 Å². The van der Waals surface area contributed by atoms with Gasteiger partial charge >= 0.3 is 0 Å². The van der Waals surface area contributed by atoms with E-state index in [-0.39, 0.29) is 36.4 Å². The molecule has 1 heterocycles. The van der Waals surface area contributed by atoms with Crippen LogP contribution < -0.4 is 0 Å². The van der Waals surface area contributed by atoms with E-state index in [1.807, 2.05) is 25.9 Å². The predicted octanol–water partition coefficient (Wildman–Crippen LogP) is -0.375. The number of hydrogen-bond acceptors (Lipinski definition) is 6. The molecule has 1 saturated heterocycles. The highest BCUT2D eigenvalue weighted by molar-refractivity contribution is 7.91. The number of sulfone groups is 1. The first-order valence-corrected chi connectivity index (χ1v) is 12.2. The molecule has 1 atom stereocenters. The average molecular weight is 398 g/mol. The highest BCUT2D eigenvalue weighted by Crippen LogP contribution is 2.18. The minimum Gasteiger partial charge on any atom is -0.339 e. The van der Waals surface area contributed by atoms with Crippen molar-refractivity contribution in [3.8, 4) is 0 Å². The van der Waals surface area contributed by atoms with E-state index in [1.165, 1.54) is 4.31 Å². The van der Waals surface area contributed by atoms with Gasteiger partial charge in [-0.05, 0) is 40.4 Å². The molecule has 0 saturated carbocycles. The maximum absolute atomic E-state index is 12.5. The van der Waals surface area contributed by atoms with Gasteiger partial charge in [0.15, 0.2) is 9.84 Å². The quantitative estimate of drug-likeness (QED) is 0.499. The van der Waals surface area contributed by atoms with Crippen molar-refractivity contribution in [2.75, 3.05) is 58.0 Å². The molecule has 1 rings (SSSR count). The molecule has 8 nitrogen and oxygen atoms in total. The van der Waals surface area contributed by atoms with Gasteiger partial charge in [-0.1, -0.05) is 0 Å². The van der Waals surface area contributed by atoms with E-state index in [0.717, 1.165) is 12.8 Å². The molecule has 1 aliphatic heterocycles. The molecule has 1 aliphatic rings. The summed E-state index contributed by atoms with van der Waals surface area (Å²) in [5.41, 5.74) is 0. The fourth-order valence-electron chi connectivity index (χ4n) is 3.03. The minimum absolute atomic E-state index is 0.00516. The molecule has 0 spiro atoms. The third-order valence-corrected chi connectivity index (χ3v) is 7.42. The standard InChI is InChI=1S/C15H31N3O5S2/c1-5-18(14-8-12-25(22,23)13-14)15(19)7-11-17(24(4,20)21)10-6-9-16(2)3/h14H,5-13H2,1-4H3. The summed E-state index contributed by atoms with van der Waals surface area (Å²) < 4.78 is 48.4. The average Bonchev–Trinajstić information content (AvgIpc) is 2.81. The highest BCUT2D eigenvalue weighted by Gasteiger charge is 2.34. The molecule has 148 valence electrons. The third kappa shape index (κ3) is 7.59. The van der Waals surface area contributed by atoms with Crippen LogP contribution in [0.15, 0.2) is 0 Å². The van der Waals surface area contributed by atoms with Gasteiger partial charge in [-0.2, -0.15) is 0 Å². The number of carbonyl (C=O) groups excluding carboxylic acids is 1. The first kappa shape index (κ1) is 22.3. The molecule has 0 bridgehead atoms. The van der Waals surface area contributed by atoms with Gasteiger partial charge in [-0.25, -0.2) is 21.1 Å². The number of rotatable bonds is 10. The number of nitrogens with zero attached hydrogens (tertiary/aromatic N) is 3. The first-order chi connectivity index (χ1) is 11.5. The molecule has 1 fully saturated rings. The third-order valence-electron chi connectivity index (χ3n) is 4.37. The lowest BCUT2D eigenvalue weighted by molar-refractivity contribution is -0.132. The molecule has 0 N–H and O–H groups in total. The van der Waals surface area contributed by atoms with Crippen molar-refractivity contribution in [2.45, 2.75) is 32.2 Å². The van der Waals surface area contributed by atoms with E-state index in [1.54, 1.807) is 4.90 Å². The molecule has 0 aromatic rings. The maximum atomic E-state index is 12.5. The lowest BCUT2D eigenvalue weighted by Gasteiger charge is -2.28. The van der Waals surface area contributed by atoms with Crippen LogP contribution in [0.5, 0.6) is 0 Å². The lowest BCUT2D eigenvalue weighted by Crippen LogP contribution is -2.43. The smallest absolute Gasteiger partial charge is 0.224 e. The Morgan fingerprint density at radius 3 is 2.24 bits per heavy atom. The maximum Gasteiger partial charge on any atom is 0.224 e. The molecule has 10 heteroatoms. The zero-order chi connectivity index (χ0) is 19.3. The van der Waals surface area contributed by atoms with Crippen LogP contribution in [0.3, 0.4) is 0 Å². The second-order valence-electron chi connectivity index (χ2n) is 6.81. The molecule has 1 amide bonds. The minimum atomic E-state index is -3.38. The van der Waals surface area contributed by atoms with E-state index >= 15 is 0 Å². The molecular formula is C15H31N3O5S2. The van der Waals surface area contributed by atoms with Crippen molar-refractivity contribution in [1.82, 2.24) is 14.1 Å². The van der Waals surface area contributed by atoms with Crippen molar-refractivity contribution in [2.24, 2.45) is 0 Å². The number of amides is 1. The first-order valence-electron chi connectivity index (χ1n) is 8.56. The van der Waals surface area contributed by atoms with Gasteiger partial charge in [0.1, 0.15) is 0 Å². The fraction of sp³-hybridized carbons (Fsp3) is 0.933. The van der Waals surface area contributed by atoms with Crippen LogP contribution in [0.1, 0.15) is 26.2 Å². The summed E-state index contributed by atoms with van der Waals surface area (Å²) >= 11 is 0. The van der Waals surface area contributed by atoms with Gasteiger partial charge in [-0.15, -0.1) is 0 Å². The van der Waals surface area contributed by atoms with Crippen LogP contribution in [-0.2, 0) is 24.7 Å². The number of sulfonamides is 1. The monoisotopic (exact) mass is 397 g/mol. The Hall–Kier alpha value is -0.710. The summed E-state index contributed by atoms with van der Waals surface area (Å²) in [4.78, 5) is 16.0. The normalized spacial score (nSPS) is 20.3. The second-order valence-corrected chi connectivity index (χ2v) is 11.0. The summed E-state index contributed by atoms with van der Waals surface area (Å²) in [6.07, 6.45) is 2.36. The van der Waals surface area contributed by atoms with Gasteiger partial charge in [0.25, 0.3) is 0 Å². The molecule has 0 radical (unpaired) electrons. The molecule has 25 heavy (non-hydrogen) atoms. The predicted molar refractivity (Wildman–Crippen MR) is 98.7 cm³/mol. The van der Waals surface area contributed by atoms with E-state index in [4.69, 9.17) is 0 Å². The van der Waals surface area contributed by atoms with E-state index < -0.39 is 19.9 Å². The zero-order valence-corrected chi connectivity index (χ0v) is 17.3. The Morgan fingerprint density at radius 2 is 1.80 bits per heavy atom. The number of carbonyl (C=O) groups is 1. The van der Waals surface area contributed by atoms with Crippen LogP contribution >= 0.6 is 0 Å². The topological polar surface area (TPSA) is 95.1 Å². The van der Waals surface area contributed by atoms with Gasteiger partial charge in [0.05, 0.1) is 17.8 Å². The Balaban J connectivity index is 2.63. The van der Waals surface area contributed by atoms with Crippen LogP contribution in [0.2, 0.25) is 0 Å². The Morgan fingerprint density at radius 1 is 1.16 bits per heavy atom. The lowest BCUT2D eigenvalue weighted by atomic mass is 10.2. The molecule has 0 aromatic heterocycles. The molecular weight excluding hydrogens is 366 g/mol. The Labute approximate surface area is 152 Å². The largest absolute Gasteiger partial charge is 0.339 e. The summed E-state index contributed by atoms with van der Waals surface area (Å²) in [5.74, 6) is -0.0713. The van der Waals surface area contributed by atoms with Gasteiger partial charge in [0, 0.05) is 32.1 Å². The van der Waals surface area contributed by atoms with Crippen LogP contribution in [0.4, 0.5) is 0 Å². The molecule has 1 unspecified atom stereocenters. The highest BCUT2D eigenvalue weighted by atomic mass is 32.2. The van der Waals surface area contributed by atoms with E-state index in [2.05, 4.69) is 0 Å². The molecule has 0 aromatic carbocycles. The Bertz CT molecular complexity index is 646. The van der Waals surface area contributed by atoms with Crippen molar-refractivity contribution >= 4 is 25.8 Å². The van der Waals surface area contributed by atoms with Crippen LogP contribution in [-0.4, -0.2) is 101 Å². The number of hydrogen-bond donors (Lipinski definition) is 0. The summed E-state index contributed by atoms with van der Waals surface area (Å²) in [6, 6.07) is -0.289.